The number of aliphatic hydroxyl groups excluding tert-OH is 1. The van der Waals surface area contributed by atoms with Gasteiger partial charge in [-0.3, -0.25) is 0 Å². The Balaban J connectivity index is 2.12. The number of benzene rings is 1. The number of hydrogen-bond acceptors (Lipinski definition) is 2. The topological polar surface area (TPSA) is 20.2 Å². The van der Waals surface area contributed by atoms with E-state index in [9.17, 15) is 5.11 Å². The Hall–Kier alpha value is -0.160. The van der Waals surface area contributed by atoms with Crippen LogP contribution in [0.2, 0.25) is 0 Å². The first-order valence-electron chi connectivity index (χ1n) is 6.49. The van der Waals surface area contributed by atoms with E-state index in [2.05, 4.69) is 76.9 Å². The van der Waals surface area contributed by atoms with Crippen LogP contribution in [0.5, 0.6) is 0 Å². The van der Waals surface area contributed by atoms with Crippen LogP contribution in [0.3, 0.4) is 0 Å². The number of hydrogen-bond donors (Lipinski definition) is 1. The van der Waals surface area contributed by atoms with Crippen LogP contribution in [0.4, 0.5) is 0 Å². The molecule has 1 unspecified atom stereocenters. The van der Waals surface area contributed by atoms with E-state index >= 15 is 0 Å². The lowest BCUT2D eigenvalue weighted by molar-refractivity contribution is 0.178. The predicted octanol–water partition coefficient (Wildman–Crippen LogP) is 5.85. The molecule has 0 fully saturated rings. The van der Waals surface area contributed by atoms with Gasteiger partial charge in [0.15, 0.2) is 0 Å². The van der Waals surface area contributed by atoms with E-state index in [0.717, 1.165) is 18.7 Å². The maximum atomic E-state index is 10.4. The minimum absolute atomic E-state index is 0.165. The lowest BCUT2D eigenvalue weighted by atomic mass is 9.86. The second kappa shape index (κ2) is 6.30. The Bertz CT molecular complexity index is 582. The van der Waals surface area contributed by atoms with Crippen molar-refractivity contribution in [2.24, 2.45) is 0 Å². The minimum atomic E-state index is -0.479. The highest BCUT2D eigenvalue weighted by atomic mass is 79.9. The maximum Gasteiger partial charge on any atom is 0.0849 e. The summed E-state index contributed by atoms with van der Waals surface area (Å²) in [7, 11) is 0. The van der Waals surface area contributed by atoms with E-state index in [1.807, 2.05) is 6.07 Å². The molecule has 108 valence electrons. The van der Waals surface area contributed by atoms with Crippen LogP contribution in [0, 0.1) is 0 Å². The monoisotopic (exact) mass is 416 g/mol. The normalized spacial score (nSPS) is 13.5. The Morgan fingerprint density at radius 1 is 1.15 bits per heavy atom. The SMILES string of the molecule is CC(C)(C)c1ccc(CC(O)c2cc(Br)sc2Br)cc1. The van der Waals surface area contributed by atoms with Crippen LogP contribution in [0.1, 0.15) is 43.6 Å². The van der Waals surface area contributed by atoms with Crippen molar-refractivity contribution < 1.29 is 5.11 Å². The number of thiophene rings is 1. The van der Waals surface area contributed by atoms with Gasteiger partial charge in [-0.15, -0.1) is 11.3 Å². The molecule has 2 aromatic rings. The number of rotatable bonds is 3. The van der Waals surface area contributed by atoms with Crippen molar-refractivity contribution in [2.75, 3.05) is 0 Å². The van der Waals surface area contributed by atoms with Gasteiger partial charge in [0.05, 0.1) is 13.7 Å². The van der Waals surface area contributed by atoms with E-state index in [0.29, 0.717) is 6.42 Å². The highest BCUT2D eigenvalue weighted by molar-refractivity contribution is 9.12. The van der Waals surface area contributed by atoms with Gasteiger partial charge >= 0.3 is 0 Å². The van der Waals surface area contributed by atoms with Gasteiger partial charge in [-0.25, -0.2) is 0 Å². The fourth-order valence-electron chi connectivity index (χ4n) is 2.05. The van der Waals surface area contributed by atoms with E-state index in [1.54, 1.807) is 11.3 Å². The third-order valence-corrected chi connectivity index (χ3v) is 5.68. The molecule has 20 heavy (non-hydrogen) atoms. The van der Waals surface area contributed by atoms with Gasteiger partial charge in [0.2, 0.25) is 0 Å². The Morgan fingerprint density at radius 3 is 2.20 bits per heavy atom. The zero-order valence-corrected chi connectivity index (χ0v) is 15.8. The Kier molecular flexibility index (Phi) is 5.11. The van der Waals surface area contributed by atoms with Crippen LogP contribution < -0.4 is 0 Å². The molecule has 0 radical (unpaired) electrons. The molecule has 1 aromatic carbocycles. The molecular weight excluding hydrogens is 400 g/mol. The van der Waals surface area contributed by atoms with Gasteiger partial charge in [-0.2, -0.15) is 0 Å². The quantitative estimate of drug-likeness (QED) is 0.664. The third kappa shape index (κ3) is 3.94. The minimum Gasteiger partial charge on any atom is -0.388 e. The Morgan fingerprint density at radius 2 is 1.75 bits per heavy atom. The molecule has 1 aromatic heterocycles. The van der Waals surface area contributed by atoms with E-state index < -0.39 is 6.10 Å². The Labute approximate surface area is 141 Å². The van der Waals surface area contributed by atoms with Crippen molar-refractivity contribution >= 4 is 43.2 Å². The predicted molar refractivity (Wildman–Crippen MR) is 93.5 cm³/mol. The molecule has 0 spiro atoms. The molecule has 0 saturated carbocycles. The van der Waals surface area contributed by atoms with Crippen molar-refractivity contribution in [2.45, 2.75) is 38.7 Å². The summed E-state index contributed by atoms with van der Waals surface area (Å²) >= 11 is 8.53. The van der Waals surface area contributed by atoms with Gasteiger partial charge in [-0.05, 0) is 54.5 Å². The third-order valence-electron chi connectivity index (χ3n) is 3.29. The van der Waals surface area contributed by atoms with Crippen LogP contribution >= 0.6 is 43.2 Å². The van der Waals surface area contributed by atoms with Crippen LogP contribution in [0.15, 0.2) is 37.9 Å². The van der Waals surface area contributed by atoms with Crippen molar-refractivity contribution in [3.8, 4) is 0 Å². The molecule has 1 atom stereocenters. The molecule has 0 saturated heterocycles. The molecule has 0 aliphatic rings. The molecule has 0 bridgehead atoms. The number of halogens is 2. The molecule has 2 rings (SSSR count). The summed E-state index contributed by atoms with van der Waals surface area (Å²) in [6.07, 6.45) is 0.152. The molecule has 1 N–H and O–H groups in total. The molecular formula is C16H18Br2OS. The zero-order chi connectivity index (χ0) is 14.9. The summed E-state index contributed by atoms with van der Waals surface area (Å²) in [5, 5.41) is 10.4. The fraction of sp³-hybridized carbons (Fsp3) is 0.375. The summed E-state index contributed by atoms with van der Waals surface area (Å²) in [6, 6.07) is 10.5. The van der Waals surface area contributed by atoms with Gasteiger partial charge < -0.3 is 5.11 Å². The fourth-order valence-corrected chi connectivity index (χ4v) is 5.01. The van der Waals surface area contributed by atoms with Crippen LogP contribution in [0.25, 0.3) is 0 Å². The summed E-state index contributed by atoms with van der Waals surface area (Å²) < 4.78 is 2.02. The first-order valence-corrected chi connectivity index (χ1v) is 8.90. The van der Waals surface area contributed by atoms with Gasteiger partial charge in [0.1, 0.15) is 0 Å². The van der Waals surface area contributed by atoms with E-state index in [4.69, 9.17) is 0 Å². The second-order valence-corrected chi connectivity index (χ2v) is 9.70. The van der Waals surface area contributed by atoms with E-state index in [1.165, 1.54) is 5.56 Å². The molecule has 0 aliphatic heterocycles. The van der Waals surface area contributed by atoms with Crippen molar-refractivity contribution in [3.05, 3.63) is 54.6 Å². The second-order valence-electron chi connectivity index (χ2n) is 5.95. The smallest absolute Gasteiger partial charge is 0.0849 e. The molecule has 0 amide bonds. The first kappa shape index (κ1) is 16.2. The summed E-state index contributed by atoms with van der Waals surface area (Å²) in [5.74, 6) is 0. The van der Waals surface area contributed by atoms with Crippen molar-refractivity contribution in [1.82, 2.24) is 0 Å². The molecule has 4 heteroatoms. The summed E-state index contributed by atoms with van der Waals surface area (Å²) in [6.45, 7) is 6.62. The zero-order valence-electron chi connectivity index (χ0n) is 11.8. The molecule has 1 heterocycles. The van der Waals surface area contributed by atoms with Gasteiger partial charge in [0, 0.05) is 12.0 Å². The molecule has 1 nitrogen and oxygen atoms in total. The highest BCUT2D eigenvalue weighted by Gasteiger charge is 2.16. The summed E-state index contributed by atoms with van der Waals surface area (Å²) in [4.78, 5) is 0. The van der Waals surface area contributed by atoms with Gasteiger partial charge in [-0.1, -0.05) is 45.0 Å². The lowest BCUT2D eigenvalue weighted by Gasteiger charge is -2.19. The van der Waals surface area contributed by atoms with Gasteiger partial charge in [0.25, 0.3) is 0 Å². The van der Waals surface area contributed by atoms with Crippen molar-refractivity contribution in [3.63, 3.8) is 0 Å². The average Bonchev–Trinajstić information content (AvgIpc) is 2.68. The van der Waals surface area contributed by atoms with Crippen LogP contribution in [-0.4, -0.2) is 5.11 Å². The lowest BCUT2D eigenvalue weighted by Crippen LogP contribution is -2.11. The van der Waals surface area contributed by atoms with Crippen LogP contribution in [-0.2, 0) is 11.8 Å². The molecule has 0 aliphatic carbocycles. The van der Waals surface area contributed by atoms with E-state index in [-0.39, 0.29) is 5.41 Å². The largest absolute Gasteiger partial charge is 0.388 e. The number of aliphatic hydroxyl groups is 1. The highest BCUT2D eigenvalue weighted by Crippen LogP contribution is 2.36. The maximum absolute atomic E-state index is 10.4. The first-order chi connectivity index (χ1) is 9.27. The van der Waals surface area contributed by atoms with Crippen molar-refractivity contribution in [1.29, 1.82) is 0 Å². The summed E-state index contributed by atoms with van der Waals surface area (Å²) in [5.41, 5.74) is 3.58. The average molecular weight is 418 g/mol. The standard InChI is InChI=1S/C16H18Br2OS/c1-16(2,3)11-6-4-10(5-7-11)8-13(19)12-9-14(17)20-15(12)18/h4-7,9,13,19H,8H2,1-3H3.